The molecular weight excluding hydrogens is 380 g/mol. The van der Waals surface area contributed by atoms with Crippen molar-refractivity contribution in [1.82, 2.24) is 20.0 Å². The number of hydrogen-bond donors (Lipinski definition) is 1. The maximum atomic E-state index is 13.0. The lowest BCUT2D eigenvalue weighted by molar-refractivity contribution is -0.138. The van der Waals surface area contributed by atoms with E-state index >= 15 is 0 Å². The lowest BCUT2D eigenvalue weighted by Gasteiger charge is -2.40. The van der Waals surface area contributed by atoms with Gasteiger partial charge in [-0.2, -0.15) is 0 Å². The number of nitrogens with zero attached hydrogens (tertiary/aromatic N) is 3. The van der Waals surface area contributed by atoms with Crippen LogP contribution in [-0.2, 0) is 9.59 Å². The molecular formula is C23H32N4O3. The number of carbonyl (C=O) groups excluding carboxylic acids is 3. The minimum atomic E-state index is -0.346. The van der Waals surface area contributed by atoms with Crippen LogP contribution in [0.2, 0.25) is 0 Å². The van der Waals surface area contributed by atoms with Gasteiger partial charge < -0.3 is 15.1 Å². The Morgan fingerprint density at radius 1 is 1.03 bits per heavy atom. The monoisotopic (exact) mass is 412 g/mol. The smallest absolute Gasteiger partial charge is 0.254 e. The molecule has 3 aliphatic rings. The summed E-state index contributed by atoms with van der Waals surface area (Å²) in [5.74, 6) is 0.0969. The number of fused-ring (bicyclic) bond motifs is 2. The van der Waals surface area contributed by atoms with E-state index in [9.17, 15) is 14.4 Å². The number of nitrogens with one attached hydrogen (secondary N) is 1. The quantitative estimate of drug-likeness (QED) is 0.769. The van der Waals surface area contributed by atoms with Crippen LogP contribution in [0.25, 0.3) is 0 Å². The summed E-state index contributed by atoms with van der Waals surface area (Å²) < 4.78 is 0. The Morgan fingerprint density at radius 2 is 1.83 bits per heavy atom. The van der Waals surface area contributed by atoms with Crippen molar-refractivity contribution in [2.45, 2.75) is 57.2 Å². The molecule has 30 heavy (non-hydrogen) atoms. The van der Waals surface area contributed by atoms with Crippen LogP contribution in [0.5, 0.6) is 0 Å². The van der Waals surface area contributed by atoms with Crippen molar-refractivity contribution in [3.63, 3.8) is 0 Å². The standard InChI is InChI=1S/C23H32N4O3/c1-2-7-21(28)26-12-6-10-20(26)22(29)24-14-19-16-27(18-11-13-25(19)15-18)23(30)17-8-4-3-5-9-17/h3-5,8-9,18-20H,2,6-7,10-16H2,1H3,(H,24,29). The number of benzene rings is 1. The van der Waals surface area contributed by atoms with Gasteiger partial charge in [0.1, 0.15) is 6.04 Å². The summed E-state index contributed by atoms with van der Waals surface area (Å²) in [7, 11) is 0. The highest BCUT2D eigenvalue weighted by Crippen LogP contribution is 2.26. The maximum Gasteiger partial charge on any atom is 0.254 e. The number of piperazine rings is 1. The zero-order valence-corrected chi connectivity index (χ0v) is 17.8. The normalized spacial score (nSPS) is 27.9. The van der Waals surface area contributed by atoms with E-state index in [-0.39, 0.29) is 35.8 Å². The summed E-state index contributed by atoms with van der Waals surface area (Å²) in [4.78, 5) is 44.3. The van der Waals surface area contributed by atoms with Crippen LogP contribution < -0.4 is 5.32 Å². The summed E-state index contributed by atoms with van der Waals surface area (Å²) in [5, 5.41) is 3.09. The average molecular weight is 413 g/mol. The third-order valence-corrected chi connectivity index (χ3v) is 6.69. The molecule has 1 aromatic rings. The van der Waals surface area contributed by atoms with Gasteiger partial charge in [0.25, 0.3) is 5.91 Å². The number of hydrogen-bond acceptors (Lipinski definition) is 4. The van der Waals surface area contributed by atoms with Crippen LogP contribution in [0.4, 0.5) is 0 Å². The number of rotatable bonds is 6. The van der Waals surface area contributed by atoms with Crippen molar-refractivity contribution < 1.29 is 14.4 Å². The largest absolute Gasteiger partial charge is 0.353 e. The van der Waals surface area contributed by atoms with Crippen LogP contribution in [0.1, 0.15) is 49.4 Å². The second kappa shape index (κ2) is 9.16. The third kappa shape index (κ3) is 4.21. The van der Waals surface area contributed by atoms with E-state index in [4.69, 9.17) is 0 Å². The molecule has 4 rings (SSSR count). The van der Waals surface area contributed by atoms with Gasteiger partial charge in [0.15, 0.2) is 0 Å². The molecule has 1 N–H and O–H groups in total. The maximum absolute atomic E-state index is 13.0. The third-order valence-electron chi connectivity index (χ3n) is 6.69. The first-order valence-corrected chi connectivity index (χ1v) is 11.3. The Morgan fingerprint density at radius 3 is 2.60 bits per heavy atom. The van der Waals surface area contributed by atoms with Crippen LogP contribution in [0, 0.1) is 0 Å². The average Bonchev–Trinajstić information content (AvgIpc) is 3.42. The highest BCUT2D eigenvalue weighted by molar-refractivity contribution is 5.94. The topological polar surface area (TPSA) is 73.0 Å². The second-order valence-corrected chi connectivity index (χ2v) is 8.66. The molecule has 4 atom stereocenters. The molecule has 0 saturated carbocycles. The van der Waals surface area contributed by atoms with Crippen LogP contribution in [0.15, 0.2) is 30.3 Å². The van der Waals surface area contributed by atoms with Crippen LogP contribution >= 0.6 is 0 Å². The fraction of sp³-hybridized carbons (Fsp3) is 0.609. The van der Waals surface area contributed by atoms with E-state index in [1.54, 1.807) is 4.90 Å². The Kier molecular flexibility index (Phi) is 6.37. The molecule has 7 nitrogen and oxygen atoms in total. The molecule has 4 unspecified atom stereocenters. The first kappa shape index (κ1) is 20.8. The van der Waals surface area contributed by atoms with Gasteiger partial charge in [-0.3, -0.25) is 19.3 Å². The molecule has 0 radical (unpaired) electrons. The van der Waals surface area contributed by atoms with Gasteiger partial charge >= 0.3 is 0 Å². The molecule has 3 heterocycles. The zero-order chi connectivity index (χ0) is 21.1. The van der Waals surface area contributed by atoms with E-state index in [1.807, 2.05) is 42.2 Å². The van der Waals surface area contributed by atoms with E-state index < -0.39 is 0 Å². The summed E-state index contributed by atoms with van der Waals surface area (Å²) in [6, 6.07) is 9.45. The molecule has 3 fully saturated rings. The van der Waals surface area contributed by atoms with Gasteiger partial charge in [0.05, 0.1) is 0 Å². The molecule has 3 amide bonds. The zero-order valence-electron chi connectivity index (χ0n) is 17.8. The van der Waals surface area contributed by atoms with E-state index in [0.29, 0.717) is 26.1 Å². The van der Waals surface area contributed by atoms with Crippen molar-refractivity contribution in [3.8, 4) is 0 Å². The van der Waals surface area contributed by atoms with Gasteiger partial charge in [-0.15, -0.1) is 0 Å². The minimum Gasteiger partial charge on any atom is -0.353 e. The number of carbonyl (C=O) groups is 3. The van der Waals surface area contributed by atoms with Crippen molar-refractivity contribution in [2.75, 3.05) is 32.7 Å². The fourth-order valence-corrected chi connectivity index (χ4v) is 5.07. The lowest BCUT2D eigenvalue weighted by atomic mass is 10.1. The molecule has 162 valence electrons. The molecule has 0 spiro atoms. The Balaban J connectivity index is 1.37. The predicted octanol–water partition coefficient (Wildman–Crippen LogP) is 1.49. The van der Waals surface area contributed by atoms with Crippen LogP contribution in [-0.4, -0.2) is 83.3 Å². The van der Waals surface area contributed by atoms with Gasteiger partial charge in [-0.05, 0) is 37.8 Å². The molecule has 7 heteroatoms. The summed E-state index contributed by atoms with van der Waals surface area (Å²) in [5.41, 5.74) is 0.719. The number of likely N-dealkylation sites (tertiary alicyclic amines) is 1. The van der Waals surface area contributed by atoms with E-state index in [2.05, 4.69) is 10.2 Å². The van der Waals surface area contributed by atoms with E-state index in [0.717, 1.165) is 44.3 Å². The predicted molar refractivity (Wildman–Crippen MR) is 114 cm³/mol. The molecule has 0 aromatic heterocycles. The highest BCUT2D eigenvalue weighted by Gasteiger charge is 2.41. The number of amides is 3. The van der Waals surface area contributed by atoms with Crippen molar-refractivity contribution >= 4 is 17.7 Å². The molecule has 3 aliphatic heterocycles. The lowest BCUT2D eigenvalue weighted by Crippen LogP contribution is -2.58. The Bertz CT molecular complexity index is 784. The van der Waals surface area contributed by atoms with E-state index in [1.165, 1.54) is 0 Å². The van der Waals surface area contributed by atoms with Gasteiger partial charge in [0, 0.05) is 56.8 Å². The Labute approximate surface area is 178 Å². The summed E-state index contributed by atoms with van der Waals surface area (Å²) in [6.45, 7) is 5.61. The second-order valence-electron chi connectivity index (χ2n) is 8.66. The fourth-order valence-electron chi connectivity index (χ4n) is 5.07. The van der Waals surface area contributed by atoms with Crippen molar-refractivity contribution in [3.05, 3.63) is 35.9 Å². The molecule has 1 aromatic carbocycles. The molecule has 0 aliphatic carbocycles. The summed E-state index contributed by atoms with van der Waals surface area (Å²) in [6.07, 6.45) is 3.89. The van der Waals surface area contributed by atoms with Gasteiger partial charge in [-0.25, -0.2) is 0 Å². The minimum absolute atomic E-state index is 0.0563. The molecule has 3 saturated heterocycles. The first-order valence-electron chi connectivity index (χ1n) is 11.3. The van der Waals surface area contributed by atoms with Gasteiger partial charge in [-0.1, -0.05) is 25.1 Å². The Hall–Kier alpha value is -2.41. The first-order chi connectivity index (χ1) is 14.6. The highest BCUT2D eigenvalue weighted by atomic mass is 16.2. The SMILES string of the molecule is CCCC(=O)N1CCCC1C(=O)NCC1CN(C(=O)c2ccccc2)C2CCN1C2. The van der Waals surface area contributed by atoms with Crippen LogP contribution in [0.3, 0.4) is 0 Å². The van der Waals surface area contributed by atoms with Crippen molar-refractivity contribution in [2.24, 2.45) is 0 Å². The molecule has 2 bridgehead atoms. The van der Waals surface area contributed by atoms with Crippen molar-refractivity contribution in [1.29, 1.82) is 0 Å². The summed E-state index contributed by atoms with van der Waals surface area (Å²) >= 11 is 0. The van der Waals surface area contributed by atoms with Gasteiger partial charge in [0.2, 0.25) is 11.8 Å².